The lowest BCUT2D eigenvalue weighted by molar-refractivity contribution is 0.304. The Labute approximate surface area is 140 Å². The van der Waals surface area contributed by atoms with Crippen LogP contribution in [0.2, 0.25) is 0 Å². The molecule has 0 N–H and O–H groups in total. The van der Waals surface area contributed by atoms with E-state index >= 15 is 0 Å². The van der Waals surface area contributed by atoms with Crippen LogP contribution < -0.4 is 9.47 Å². The van der Waals surface area contributed by atoms with Gasteiger partial charge in [-0.2, -0.15) is 0 Å². The van der Waals surface area contributed by atoms with Gasteiger partial charge in [0.15, 0.2) is 0 Å². The van der Waals surface area contributed by atoms with E-state index in [9.17, 15) is 0 Å². The first-order chi connectivity index (χ1) is 11.4. The largest absolute Gasteiger partial charge is 0.489 e. The Morgan fingerprint density at radius 2 is 1.35 bits per heavy atom. The number of para-hydroxylation sites is 2. The van der Waals surface area contributed by atoms with Crippen LogP contribution in [0.5, 0.6) is 17.2 Å². The lowest BCUT2D eigenvalue weighted by Crippen LogP contribution is -2.02. The van der Waals surface area contributed by atoms with Gasteiger partial charge >= 0.3 is 0 Å². The molecule has 2 nitrogen and oxygen atoms in total. The summed E-state index contributed by atoms with van der Waals surface area (Å²) in [5.41, 5.74) is 2.21. The first-order valence-electron chi connectivity index (χ1n) is 7.53. The van der Waals surface area contributed by atoms with Crippen LogP contribution in [-0.4, -0.2) is 10.2 Å². The zero-order chi connectivity index (χ0) is 15.9. The van der Waals surface area contributed by atoms with Crippen molar-refractivity contribution in [2.24, 2.45) is 0 Å². The smallest absolute Gasteiger partial charge is 0.130 e. The van der Waals surface area contributed by atoms with Gasteiger partial charge in [-0.3, -0.25) is 0 Å². The molecule has 3 rings (SSSR count). The van der Waals surface area contributed by atoms with Crippen molar-refractivity contribution >= 4 is 10.2 Å². The molecule has 3 aromatic rings. The summed E-state index contributed by atoms with van der Waals surface area (Å²) < 4.78 is 11.9. The topological polar surface area (TPSA) is 18.5 Å². The molecule has 0 aliphatic heterocycles. The van der Waals surface area contributed by atoms with Crippen LogP contribution in [-0.2, 0) is 12.7 Å². The van der Waals surface area contributed by atoms with Crippen molar-refractivity contribution in [1.82, 2.24) is 0 Å². The van der Waals surface area contributed by atoms with Crippen molar-refractivity contribution in [3.8, 4) is 17.2 Å². The van der Waals surface area contributed by atoms with Crippen molar-refractivity contribution < 1.29 is 9.47 Å². The average molecular weight is 317 g/mol. The highest BCUT2D eigenvalue weighted by Gasteiger charge is 2.09. The molecule has 0 aliphatic rings. The summed E-state index contributed by atoms with van der Waals surface area (Å²) in [7, 11) is 3.62. The summed E-state index contributed by atoms with van der Waals surface area (Å²) >= 11 is 0. The van der Waals surface area contributed by atoms with Crippen LogP contribution in [0.15, 0.2) is 78.9 Å². The normalized spacial score (nSPS) is 10.3. The SMILES string of the molecule is [Si]Cc1c(COc2ccccc2)cccc1Oc1ccccc1. The standard InChI is InChI=1S/C20H17O2Si/c23-15-19-16(14-21-17-9-3-1-4-10-17)8-7-13-20(19)22-18-11-5-2-6-12-18/h1-13H,14-15H2. The molecule has 0 bridgehead atoms. The zero-order valence-corrected chi connectivity index (χ0v) is 13.7. The van der Waals surface area contributed by atoms with Crippen molar-refractivity contribution in [3.05, 3.63) is 90.0 Å². The third-order valence-corrected chi connectivity index (χ3v) is 3.87. The van der Waals surface area contributed by atoms with E-state index in [1.54, 1.807) is 0 Å². The van der Waals surface area contributed by atoms with Crippen LogP contribution in [0.25, 0.3) is 0 Å². The predicted molar refractivity (Wildman–Crippen MR) is 93.2 cm³/mol. The van der Waals surface area contributed by atoms with E-state index in [-0.39, 0.29) is 0 Å². The highest BCUT2D eigenvalue weighted by Crippen LogP contribution is 2.28. The highest BCUT2D eigenvalue weighted by atomic mass is 28.1. The molecule has 0 spiro atoms. The third kappa shape index (κ3) is 4.02. The Morgan fingerprint density at radius 3 is 2.00 bits per heavy atom. The van der Waals surface area contributed by atoms with Crippen LogP contribution >= 0.6 is 0 Å². The van der Waals surface area contributed by atoms with Gasteiger partial charge in [0.1, 0.15) is 23.9 Å². The number of hydrogen-bond donors (Lipinski definition) is 0. The Morgan fingerprint density at radius 1 is 0.696 bits per heavy atom. The quantitative estimate of drug-likeness (QED) is 0.612. The minimum Gasteiger partial charge on any atom is -0.489 e. The summed E-state index contributed by atoms with van der Waals surface area (Å²) in [5.74, 6) is 2.54. The van der Waals surface area contributed by atoms with Crippen molar-refractivity contribution in [2.75, 3.05) is 0 Å². The van der Waals surface area contributed by atoms with Crippen molar-refractivity contribution in [1.29, 1.82) is 0 Å². The first-order valence-corrected chi connectivity index (χ1v) is 8.23. The molecule has 113 valence electrons. The molecule has 0 aromatic heterocycles. The second kappa shape index (κ2) is 7.65. The molecule has 0 atom stereocenters. The minimum atomic E-state index is 0.510. The van der Waals surface area contributed by atoms with E-state index in [1.807, 2.05) is 72.8 Å². The Hall–Kier alpha value is -2.52. The van der Waals surface area contributed by atoms with E-state index < -0.39 is 0 Å². The molecule has 3 aromatic carbocycles. The van der Waals surface area contributed by atoms with Crippen molar-refractivity contribution in [3.63, 3.8) is 0 Å². The summed E-state index contributed by atoms with van der Waals surface area (Å²) in [6.45, 7) is 0.510. The van der Waals surface area contributed by atoms with E-state index in [1.165, 1.54) is 0 Å². The highest BCUT2D eigenvalue weighted by molar-refractivity contribution is 6.08. The Bertz CT molecular complexity index is 742. The molecule has 0 saturated heterocycles. The van der Waals surface area contributed by atoms with E-state index in [0.717, 1.165) is 28.4 Å². The van der Waals surface area contributed by atoms with E-state index in [4.69, 9.17) is 9.47 Å². The lowest BCUT2D eigenvalue weighted by Gasteiger charge is -2.15. The van der Waals surface area contributed by atoms with Gasteiger partial charge in [0.2, 0.25) is 0 Å². The average Bonchev–Trinajstić information content (AvgIpc) is 2.62. The number of rotatable bonds is 6. The predicted octanol–water partition coefficient (Wildman–Crippen LogP) is 4.73. The fourth-order valence-electron chi connectivity index (χ4n) is 2.34. The molecule has 3 radical (unpaired) electrons. The Kier molecular flexibility index (Phi) is 5.12. The maximum atomic E-state index is 6.01. The van der Waals surface area contributed by atoms with Gasteiger partial charge in [0.05, 0.1) is 0 Å². The fourth-order valence-corrected chi connectivity index (χ4v) is 2.74. The minimum absolute atomic E-state index is 0.510. The molecule has 0 aliphatic carbocycles. The number of benzene rings is 3. The Balaban J connectivity index is 1.79. The van der Waals surface area contributed by atoms with Gasteiger partial charge in [-0.15, -0.1) is 0 Å². The monoisotopic (exact) mass is 317 g/mol. The summed E-state index contributed by atoms with van der Waals surface area (Å²) in [5, 5.41) is 0. The molecule has 3 heteroatoms. The fraction of sp³-hybridized carbons (Fsp3) is 0.100. The first kappa shape index (κ1) is 15.4. The van der Waals surface area contributed by atoms with E-state index in [2.05, 4.69) is 16.3 Å². The lowest BCUT2D eigenvalue weighted by atomic mass is 10.1. The zero-order valence-electron chi connectivity index (χ0n) is 12.7. The summed E-state index contributed by atoms with van der Waals surface area (Å²) in [6, 6.07) is 26.4. The number of ether oxygens (including phenoxy) is 2. The molecular formula is C20H17O2Si. The second-order valence-electron chi connectivity index (χ2n) is 5.09. The second-order valence-corrected chi connectivity index (χ2v) is 5.44. The van der Waals surface area contributed by atoms with Crippen LogP contribution in [0.3, 0.4) is 0 Å². The molecule has 0 amide bonds. The summed E-state index contributed by atoms with van der Waals surface area (Å²) in [4.78, 5) is 0. The maximum absolute atomic E-state index is 6.01. The molecule has 23 heavy (non-hydrogen) atoms. The molecule has 0 fully saturated rings. The van der Waals surface area contributed by atoms with Crippen LogP contribution in [0, 0.1) is 0 Å². The van der Waals surface area contributed by atoms with Gasteiger partial charge in [-0.25, -0.2) is 0 Å². The molecular weight excluding hydrogens is 300 g/mol. The molecule has 0 unspecified atom stereocenters. The van der Waals surface area contributed by atoms with Gasteiger partial charge in [-0.1, -0.05) is 48.5 Å². The third-order valence-electron chi connectivity index (χ3n) is 3.52. The maximum Gasteiger partial charge on any atom is 0.130 e. The summed E-state index contributed by atoms with van der Waals surface area (Å²) in [6.07, 6.45) is 0. The van der Waals surface area contributed by atoms with Gasteiger partial charge in [0, 0.05) is 10.2 Å². The van der Waals surface area contributed by atoms with Gasteiger partial charge < -0.3 is 9.47 Å². The van der Waals surface area contributed by atoms with Gasteiger partial charge in [-0.05, 0) is 47.5 Å². The van der Waals surface area contributed by atoms with E-state index in [0.29, 0.717) is 12.7 Å². The van der Waals surface area contributed by atoms with Crippen LogP contribution in [0.4, 0.5) is 0 Å². The van der Waals surface area contributed by atoms with Gasteiger partial charge in [0.25, 0.3) is 0 Å². The van der Waals surface area contributed by atoms with Crippen LogP contribution in [0.1, 0.15) is 11.1 Å². The number of hydrogen-bond acceptors (Lipinski definition) is 2. The molecule has 0 heterocycles. The van der Waals surface area contributed by atoms with Crippen molar-refractivity contribution in [2.45, 2.75) is 12.7 Å². The molecule has 0 saturated carbocycles.